The number of hydrogen-bond donors (Lipinski definition) is 1. The minimum absolute atomic E-state index is 0.0120. The van der Waals surface area contributed by atoms with Gasteiger partial charge >= 0.3 is 4.87 Å². The largest absolute Gasteiger partial charge is 0.481 e. The Hall–Kier alpha value is -2.60. The van der Waals surface area contributed by atoms with E-state index in [-0.39, 0.29) is 16.8 Å². The molecule has 3 aromatic rings. The van der Waals surface area contributed by atoms with Gasteiger partial charge in [0.05, 0.1) is 10.2 Å². The molecule has 28 heavy (non-hydrogen) atoms. The van der Waals surface area contributed by atoms with E-state index in [0.29, 0.717) is 17.9 Å². The number of amides is 1. The summed E-state index contributed by atoms with van der Waals surface area (Å²) < 4.78 is 8.54. The summed E-state index contributed by atoms with van der Waals surface area (Å²) in [6.07, 6.45) is -0.0327. The topological polar surface area (TPSA) is 60.3 Å². The molecule has 0 saturated heterocycles. The quantitative estimate of drug-likeness (QED) is 0.631. The van der Waals surface area contributed by atoms with Gasteiger partial charge in [-0.3, -0.25) is 14.2 Å². The highest BCUT2D eigenvalue weighted by atomic mass is 32.1. The summed E-state index contributed by atoms with van der Waals surface area (Å²) in [6, 6.07) is 11.5. The number of nitrogens with zero attached hydrogens (tertiary/aromatic N) is 1. The first-order valence-electron chi connectivity index (χ1n) is 9.50. The SMILES string of the molecule is CC[C@@H](Oc1ccc(C)c(C)c1)C(=O)Nc1ccc2c(c1)sc(=O)n2C(C)C. The molecule has 148 valence electrons. The second-order valence-electron chi connectivity index (χ2n) is 7.26. The van der Waals surface area contributed by atoms with Crippen molar-refractivity contribution in [3.05, 3.63) is 57.2 Å². The second-order valence-corrected chi connectivity index (χ2v) is 8.26. The molecule has 6 heteroatoms. The van der Waals surface area contributed by atoms with Crippen LogP contribution in [0.1, 0.15) is 44.4 Å². The Morgan fingerprint density at radius 3 is 2.54 bits per heavy atom. The molecular formula is C22H26N2O3S. The van der Waals surface area contributed by atoms with Crippen LogP contribution in [0.5, 0.6) is 5.75 Å². The Bertz CT molecular complexity index is 1070. The number of fused-ring (bicyclic) bond motifs is 1. The predicted octanol–water partition coefficient (Wildman–Crippen LogP) is 5.06. The summed E-state index contributed by atoms with van der Waals surface area (Å²) in [7, 11) is 0. The molecule has 0 aliphatic heterocycles. The fourth-order valence-corrected chi connectivity index (χ4v) is 4.15. The fraction of sp³-hybridized carbons (Fsp3) is 0.364. The van der Waals surface area contributed by atoms with E-state index in [0.717, 1.165) is 15.8 Å². The highest BCUT2D eigenvalue weighted by molar-refractivity contribution is 7.16. The number of rotatable bonds is 6. The molecule has 3 rings (SSSR count). The van der Waals surface area contributed by atoms with Crippen LogP contribution >= 0.6 is 11.3 Å². The molecule has 2 aromatic carbocycles. The number of carbonyl (C=O) groups is 1. The van der Waals surface area contributed by atoms with Crippen molar-refractivity contribution in [3.63, 3.8) is 0 Å². The number of anilines is 1. The molecule has 1 N–H and O–H groups in total. The third-order valence-electron chi connectivity index (χ3n) is 4.82. The van der Waals surface area contributed by atoms with Gasteiger partial charge in [0, 0.05) is 11.7 Å². The van der Waals surface area contributed by atoms with Gasteiger partial charge in [-0.15, -0.1) is 0 Å². The van der Waals surface area contributed by atoms with Crippen molar-refractivity contribution >= 4 is 33.1 Å². The summed E-state index contributed by atoms with van der Waals surface area (Å²) >= 11 is 1.19. The molecule has 0 spiro atoms. The van der Waals surface area contributed by atoms with E-state index >= 15 is 0 Å². The third-order valence-corrected chi connectivity index (χ3v) is 5.74. The van der Waals surface area contributed by atoms with Crippen LogP contribution in [-0.4, -0.2) is 16.6 Å². The summed E-state index contributed by atoms with van der Waals surface area (Å²) in [5, 5.41) is 2.92. The van der Waals surface area contributed by atoms with Crippen LogP contribution in [0.3, 0.4) is 0 Å². The number of benzene rings is 2. The van der Waals surface area contributed by atoms with Crippen LogP contribution in [0.2, 0.25) is 0 Å². The number of nitrogens with one attached hydrogen (secondary N) is 1. The van der Waals surface area contributed by atoms with Crippen LogP contribution < -0.4 is 14.9 Å². The van der Waals surface area contributed by atoms with Crippen molar-refractivity contribution in [2.75, 3.05) is 5.32 Å². The minimum Gasteiger partial charge on any atom is -0.481 e. The molecule has 0 saturated carbocycles. The molecule has 1 amide bonds. The molecule has 0 radical (unpaired) electrons. The summed E-state index contributed by atoms with van der Waals surface area (Å²) in [5.41, 5.74) is 3.87. The Balaban J connectivity index is 1.78. The molecule has 1 atom stereocenters. The Kier molecular flexibility index (Phi) is 5.89. The maximum atomic E-state index is 12.7. The second kappa shape index (κ2) is 8.19. The van der Waals surface area contributed by atoms with Gasteiger partial charge in [-0.05, 0) is 75.6 Å². The average molecular weight is 399 g/mol. The van der Waals surface area contributed by atoms with Gasteiger partial charge in [-0.1, -0.05) is 24.3 Å². The number of thiazole rings is 1. The van der Waals surface area contributed by atoms with Crippen molar-refractivity contribution in [1.29, 1.82) is 0 Å². The first kappa shape index (κ1) is 20.1. The Labute approximate surface area is 169 Å². The van der Waals surface area contributed by atoms with E-state index in [1.807, 2.05) is 71.0 Å². The van der Waals surface area contributed by atoms with E-state index in [2.05, 4.69) is 5.32 Å². The van der Waals surface area contributed by atoms with Gasteiger partial charge in [0.1, 0.15) is 5.75 Å². The lowest BCUT2D eigenvalue weighted by Gasteiger charge is -2.18. The Morgan fingerprint density at radius 1 is 1.14 bits per heavy atom. The standard InChI is InChI=1S/C22H26N2O3S/c1-6-19(27-17-9-7-14(4)15(5)11-17)21(25)23-16-8-10-18-20(12-16)28-22(26)24(18)13(2)3/h7-13,19H,6H2,1-5H3,(H,23,25)/t19-/m1/s1. The fourth-order valence-electron chi connectivity index (χ4n) is 3.10. The van der Waals surface area contributed by atoms with Crippen molar-refractivity contribution in [2.45, 2.75) is 53.2 Å². The van der Waals surface area contributed by atoms with Gasteiger partial charge < -0.3 is 10.1 Å². The zero-order chi connectivity index (χ0) is 20.4. The van der Waals surface area contributed by atoms with Gasteiger partial charge in [0.15, 0.2) is 6.10 Å². The van der Waals surface area contributed by atoms with Crippen LogP contribution in [0.15, 0.2) is 41.2 Å². The first-order chi connectivity index (χ1) is 13.3. The number of ether oxygens (including phenoxy) is 1. The van der Waals surface area contributed by atoms with E-state index < -0.39 is 6.10 Å². The first-order valence-corrected chi connectivity index (χ1v) is 10.3. The third kappa shape index (κ3) is 4.12. The van der Waals surface area contributed by atoms with E-state index in [1.165, 1.54) is 16.9 Å². The molecule has 0 bridgehead atoms. The van der Waals surface area contributed by atoms with E-state index in [4.69, 9.17) is 4.74 Å². The number of aryl methyl sites for hydroxylation is 2. The molecule has 0 aliphatic carbocycles. The Morgan fingerprint density at radius 2 is 1.89 bits per heavy atom. The zero-order valence-electron chi connectivity index (χ0n) is 16.9. The van der Waals surface area contributed by atoms with Crippen LogP contribution in [0.4, 0.5) is 5.69 Å². The molecule has 1 heterocycles. The molecule has 5 nitrogen and oxygen atoms in total. The molecule has 0 aliphatic rings. The van der Waals surface area contributed by atoms with E-state index in [9.17, 15) is 9.59 Å². The highest BCUT2D eigenvalue weighted by Gasteiger charge is 2.19. The maximum Gasteiger partial charge on any atom is 0.308 e. The predicted molar refractivity (Wildman–Crippen MR) is 116 cm³/mol. The lowest BCUT2D eigenvalue weighted by atomic mass is 10.1. The summed E-state index contributed by atoms with van der Waals surface area (Å²) in [6.45, 7) is 9.95. The summed E-state index contributed by atoms with van der Waals surface area (Å²) in [4.78, 5) is 24.9. The van der Waals surface area contributed by atoms with Crippen molar-refractivity contribution < 1.29 is 9.53 Å². The molecule has 0 unspecified atom stereocenters. The van der Waals surface area contributed by atoms with Gasteiger partial charge in [-0.2, -0.15) is 0 Å². The number of carbonyl (C=O) groups excluding carboxylic acids is 1. The molecule has 1 aromatic heterocycles. The van der Waals surface area contributed by atoms with Gasteiger partial charge in [-0.25, -0.2) is 0 Å². The van der Waals surface area contributed by atoms with E-state index in [1.54, 1.807) is 4.57 Å². The number of hydrogen-bond acceptors (Lipinski definition) is 4. The average Bonchev–Trinajstić information content (AvgIpc) is 2.97. The maximum absolute atomic E-state index is 12.7. The van der Waals surface area contributed by atoms with Crippen LogP contribution in [0.25, 0.3) is 10.2 Å². The van der Waals surface area contributed by atoms with Crippen molar-refractivity contribution in [3.8, 4) is 5.75 Å². The van der Waals surface area contributed by atoms with Crippen LogP contribution in [0, 0.1) is 13.8 Å². The highest BCUT2D eigenvalue weighted by Crippen LogP contribution is 2.25. The van der Waals surface area contributed by atoms with Crippen molar-refractivity contribution in [1.82, 2.24) is 4.57 Å². The lowest BCUT2D eigenvalue weighted by molar-refractivity contribution is -0.122. The molecular weight excluding hydrogens is 372 g/mol. The normalized spacial score (nSPS) is 12.4. The van der Waals surface area contributed by atoms with Gasteiger partial charge in [0.25, 0.3) is 5.91 Å². The monoisotopic (exact) mass is 398 g/mol. The number of aromatic nitrogens is 1. The van der Waals surface area contributed by atoms with Crippen molar-refractivity contribution in [2.24, 2.45) is 0 Å². The summed E-state index contributed by atoms with van der Waals surface area (Å²) in [5.74, 6) is 0.489. The van der Waals surface area contributed by atoms with Gasteiger partial charge in [0.2, 0.25) is 0 Å². The lowest BCUT2D eigenvalue weighted by Crippen LogP contribution is -2.32. The molecule has 0 fully saturated rings. The van der Waals surface area contributed by atoms with Crippen LogP contribution in [-0.2, 0) is 4.79 Å². The zero-order valence-corrected chi connectivity index (χ0v) is 17.7. The minimum atomic E-state index is -0.586. The smallest absolute Gasteiger partial charge is 0.308 e.